The van der Waals surface area contributed by atoms with Crippen LogP contribution < -0.4 is 5.73 Å². The molecule has 0 aromatic heterocycles. The number of rotatable bonds is 2. The lowest BCUT2D eigenvalue weighted by Gasteiger charge is -2.32. The molecule has 0 aliphatic carbocycles. The Morgan fingerprint density at radius 2 is 1.94 bits per heavy atom. The molecule has 0 unspecified atom stereocenters. The molecular formula is C12H18BrN3. The van der Waals surface area contributed by atoms with Crippen molar-refractivity contribution in [3.8, 4) is 0 Å². The van der Waals surface area contributed by atoms with E-state index in [-0.39, 0.29) is 0 Å². The highest BCUT2D eigenvalue weighted by Gasteiger charge is 2.14. The van der Waals surface area contributed by atoms with Crippen LogP contribution in [0.4, 0.5) is 5.69 Å². The van der Waals surface area contributed by atoms with Crippen molar-refractivity contribution in [2.45, 2.75) is 6.54 Å². The summed E-state index contributed by atoms with van der Waals surface area (Å²) in [5.74, 6) is 0. The smallest absolute Gasteiger partial charge is 0.0318 e. The molecule has 1 heterocycles. The lowest BCUT2D eigenvalue weighted by atomic mass is 10.2. The maximum atomic E-state index is 5.81. The van der Waals surface area contributed by atoms with E-state index in [1.807, 2.05) is 12.1 Å². The Hall–Kier alpha value is -0.580. The fourth-order valence-corrected chi connectivity index (χ4v) is 2.33. The number of nitrogens with zero attached hydrogens (tertiary/aromatic N) is 2. The van der Waals surface area contributed by atoms with E-state index in [4.69, 9.17) is 5.73 Å². The maximum absolute atomic E-state index is 5.81. The number of anilines is 1. The predicted octanol–water partition coefficient (Wildman–Crippen LogP) is 1.78. The number of nitrogen functional groups attached to an aromatic ring is 1. The van der Waals surface area contributed by atoms with Gasteiger partial charge >= 0.3 is 0 Å². The summed E-state index contributed by atoms with van der Waals surface area (Å²) in [6.07, 6.45) is 0. The number of nitrogens with two attached hydrogens (primary N) is 1. The van der Waals surface area contributed by atoms with Gasteiger partial charge in [0.1, 0.15) is 0 Å². The van der Waals surface area contributed by atoms with Gasteiger partial charge in [0.05, 0.1) is 0 Å². The minimum absolute atomic E-state index is 0.840. The van der Waals surface area contributed by atoms with E-state index >= 15 is 0 Å². The fraction of sp³-hybridized carbons (Fsp3) is 0.500. The number of hydrogen-bond acceptors (Lipinski definition) is 3. The zero-order valence-electron chi connectivity index (χ0n) is 9.62. The molecular weight excluding hydrogens is 266 g/mol. The van der Waals surface area contributed by atoms with Crippen molar-refractivity contribution in [1.29, 1.82) is 0 Å². The minimum atomic E-state index is 0.840. The molecule has 0 bridgehead atoms. The number of benzene rings is 1. The first kappa shape index (κ1) is 11.9. The first-order valence-electron chi connectivity index (χ1n) is 5.60. The van der Waals surface area contributed by atoms with Gasteiger partial charge in [-0.3, -0.25) is 4.90 Å². The molecule has 1 aromatic rings. The molecule has 1 aromatic carbocycles. The van der Waals surface area contributed by atoms with E-state index in [1.165, 1.54) is 5.56 Å². The molecule has 1 aliphatic rings. The molecule has 0 atom stereocenters. The molecule has 2 N–H and O–H groups in total. The highest BCUT2D eigenvalue weighted by Crippen LogP contribution is 2.21. The molecule has 88 valence electrons. The van der Waals surface area contributed by atoms with Crippen LogP contribution in [0, 0.1) is 0 Å². The van der Waals surface area contributed by atoms with Crippen molar-refractivity contribution in [3.05, 3.63) is 28.2 Å². The third-order valence-corrected chi connectivity index (χ3v) is 3.83. The van der Waals surface area contributed by atoms with Gasteiger partial charge in [-0.2, -0.15) is 0 Å². The molecule has 0 amide bonds. The van der Waals surface area contributed by atoms with Crippen LogP contribution in [0.5, 0.6) is 0 Å². The summed E-state index contributed by atoms with van der Waals surface area (Å²) in [5, 5.41) is 0. The number of piperazine rings is 1. The van der Waals surface area contributed by atoms with E-state index in [9.17, 15) is 0 Å². The molecule has 0 radical (unpaired) electrons. The van der Waals surface area contributed by atoms with Crippen LogP contribution in [0.25, 0.3) is 0 Å². The number of hydrogen-bond donors (Lipinski definition) is 1. The summed E-state index contributed by atoms with van der Waals surface area (Å²) in [5.41, 5.74) is 7.93. The summed E-state index contributed by atoms with van der Waals surface area (Å²) in [6, 6.07) is 6.01. The van der Waals surface area contributed by atoms with Crippen molar-refractivity contribution in [2.24, 2.45) is 0 Å². The minimum Gasteiger partial charge on any atom is -0.399 e. The Balaban J connectivity index is 2.00. The average Bonchev–Trinajstić information content (AvgIpc) is 2.27. The molecule has 3 nitrogen and oxygen atoms in total. The summed E-state index contributed by atoms with van der Waals surface area (Å²) in [7, 11) is 2.17. The van der Waals surface area contributed by atoms with Gasteiger partial charge in [-0.05, 0) is 30.8 Å². The average molecular weight is 284 g/mol. The lowest BCUT2D eigenvalue weighted by Crippen LogP contribution is -2.43. The highest BCUT2D eigenvalue weighted by molar-refractivity contribution is 9.10. The topological polar surface area (TPSA) is 32.5 Å². The molecule has 1 saturated heterocycles. The van der Waals surface area contributed by atoms with Gasteiger partial charge in [-0.1, -0.05) is 15.9 Å². The third kappa shape index (κ3) is 2.97. The second-order valence-electron chi connectivity index (χ2n) is 4.43. The molecule has 1 aliphatic heterocycles. The summed E-state index contributed by atoms with van der Waals surface area (Å²) < 4.78 is 1.15. The van der Waals surface area contributed by atoms with Gasteiger partial charge in [0, 0.05) is 42.9 Å². The maximum Gasteiger partial charge on any atom is 0.0318 e. The Morgan fingerprint density at radius 1 is 1.25 bits per heavy atom. The van der Waals surface area contributed by atoms with Crippen LogP contribution in [0.1, 0.15) is 5.56 Å². The highest BCUT2D eigenvalue weighted by atomic mass is 79.9. The van der Waals surface area contributed by atoms with Crippen molar-refractivity contribution >= 4 is 21.6 Å². The van der Waals surface area contributed by atoms with Gasteiger partial charge in [0.25, 0.3) is 0 Å². The molecule has 0 spiro atoms. The second kappa shape index (κ2) is 5.17. The van der Waals surface area contributed by atoms with Crippen LogP contribution in [0.2, 0.25) is 0 Å². The van der Waals surface area contributed by atoms with Crippen molar-refractivity contribution in [2.75, 3.05) is 39.0 Å². The molecule has 0 saturated carbocycles. The summed E-state index contributed by atoms with van der Waals surface area (Å²) in [4.78, 5) is 4.84. The molecule has 16 heavy (non-hydrogen) atoms. The van der Waals surface area contributed by atoms with Crippen LogP contribution in [-0.2, 0) is 6.54 Å². The number of halogens is 1. The van der Waals surface area contributed by atoms with Gasteiger partial charge in [0.2, 0.25) is 0 Å². The van der Waals surface area contributed by atoms with Crippen LogP contribution in [0.15, 0.2) is 22.7 Å². The Bertz CT molecular complexity index is 359. The van der Waals surface area contributed by atoms with E-state index in [1.54, 1.807) is 0 Å². The Labute approximate surface area is 105 Å². The fourth-order valence-electron chi connectivity index (χ4n) is 1.96. The predicted molar refractivity (Wildman–Crippen MR) is 71.3 cm³/mol. The Kier molecular flexibility index (Phi) is 3.84. The SMILES string of the molecule is CN1CCN(Cc2cc(N)ccc2Br)CC1. The van der Waals surface area contributed by atoms with E-state index < -0.39 is 0 Å². The Morgan fingerprint density at radius 3 is 2.62 bits per heavy atom. The van der Waals surface area contributed by atoms with E-state index in [0.29, 0.717) is 0 Å². The first-order valence-corrected chi connectivity index (χ1v) is 6.39. The molecule has 1 fully saturated rings. The second-order valence-corrected chi connectivity index (χ2v) is 5.28. The van der Waals surface area contributed by atoms with E-state index in [0.717, 1.165) is 42.9 Å². The van der Waals surface area contributed by atoms with Gasteiger partial charge in [-0.25, -0.2) is 0 Å². The summed E-state index contributed by atoms with van der Waals surface area (Å²) in [6.45, 7) is 5.56. The van der Waals surface area contributed by atoms with Crippen molar-refractivity contribution < 1.29 is 0 Å². The first-order chi connectivity index (χ1) is 7.65. The normalized spacial score (nSPS) is 18.9. The molecule has 2 rings (SSSR count). The quantitative estimate of drug-likeness (QED) is 0.840. The third-order valence-electron chi connectivity index (χ3n) is 3.06. The zero-order chi connectivity index (χ0) is 11.5. The van der Waals surface area contributed by atoms with Crippen LogP contribution >= 0.6 is 15.9 Å². The largest absolute Gasteiger partial charge is 0.399 e. The zero-order valence-corrected chi connectivity index (χ0v) is 11.2. The van der Waals surface area contributed by atoms with Gasteiger partial charge < -0.3 is 10.6 Å². The van der Waals surface area contributed by atoms with E-state index in [2.05, 4.69) is 38.8 Å². The monoisotopic (exact) mass is 283 g/mol. The van der Waals surface area contributed by atoms with Crippen LogP contribution in [0.3, 0.4) is 0 Å². The van der Waals surface area contributed by atoms with Gasteiger partial charge in [-0.15, -0.1) is 0 Å². The van der Waals surface area contributed by atoms with Crippen molar-refractivity contribution in [3.63, 3.8) is 0 Å². The van der Waals surface area contributed by atoms with Crippen molar-refractivity contribution in [1.82, 2.24) is 9.80 Å². The lowest BCUT2D eigenvalue weighted by molar-refractivity contribution is 0.148. The standard InChI is InChI=1S/C12H18BrN3/c1-15-4-6-16(7-5-15)9-10-8-11(14)2-3-12(10)13/h2-3,8H,4-7,9,14H2,1H3. The van der Waals surface area contributed by atoms with Gasteiger partial charge in [0.15, 0.2) is 0 Å². The summed E-state index contributed by atoms with van der Waals surface area (Å²) >= 11 is 3.58. The molecule has 4 heteroatoms. The number of likely N-dealkylation sites (N-methyl/N-ethyl adjacent to an activating group) is 1. The van der Waals surface area contributed by atoms with Crippen LogP contribution in [-0.4, -0.2) is 43.0 Å².